The Balaban J connectivity index is 1.96. The highest BCUT2D eigenvalue weighted by Crippen LogP contribution is 2.19. The van der Waals surface area contributed by atoms with E-state index in [-0.39, 0.29) is 25.0 Å². The topological polar surface area (TPSA) is 60.9 Å². The molecule has 2 rings (SSSR count). The van der Waals surface area contributed by atoms with Crippen molar-refractivity contribution in [3.8, 4) is 0 Å². The number of hydrogen-bond acceptors (Lipinski definition) is 3. The Bertz CT molecular complexity index is 514. The van der Waals surface area contributed by atoms with Gasteiger partial charge in [-0.25, -0.2) is 0 Å². The molecule has 21 heavy (non-hydrogen) atoms. The summed E-state index contributed by atoms with van der Waals surface area (Å²) in [4.78, 5) is 27.1. The van der Waals surface area contributed by atoms with Gasteiger partial charge in [0, 0.05) is 6.54 Å². The molecule has 0 bridgehead atoms. The van der Waals surface area contributed by atoms with Crippen LogP contribution in [0.4, 0.5) is 0 Å². The zero-order valence-corrected chi connectivity index (χ0v) is 12.6. The van der Waals surface area contributed by atoms with Crippen LogP contribution in [-0.2, 0) is 16.0 Å². The third-order valence-corrected chi connectivity index (χ3v) is 3.89. The quantitative estimate of drug-likeness (QED) is 0.880. The summed E-state index contributed by atoms with van der Waals surface area (Å²) in [7, 11) is 0. The Hall–Kier alpha value is -1.88. The molecule has 1 aliphatic rings. The predicted molar refractivity (Wildman–Crippen MR) is 79.4 cm³/mol. The van der Waals surface area contributed by atoms with Gasteiger partial charge in [0.05, 0.1) is 6.67 Å². The highest BCUT2D eigenvalue weighted by Gasteiger charge is 2.39. The van der Waals surface area contributed by atoms with E-state index >= 15 is 0 Å². The Kier molecular flexibility index (Phi) is 4.63. The van der Waals surface area contributed by atoms with Crippen LogP contribution < -0.4 is 0 Å². The van der Waals surface area contributed by atoms with Crippen molar-refractivity contribution in [2.24, 2.45) is 0 Å². The van der Waals surface area contributed by atoms with Crippen LogP contribution >= 0.6 is 0 Å². The zero-order valence-electron chi connectivity index (χ0n) is 12.6. The third kappa shape index (κ3) is 3.61. The lowest BCUT2D eigenvalue weighted by Crippen LogP contribution is -2.47. The van der Waals surface area contributed by atoms with Crippen LogP contribution in [-0.4, -0.2) is 52.1 Å². The number of aryl methyl sites for hydroxylation is 1. The van der Waals surface area contributed by atoms with E-state index in [9.17, 15) is 14.7 Å². The molecule has 0 spiro atoms. The van der Waals surface area contributed by atoms with Gasteiger partial charge in [-0.2, -0.15) is 0 Å². The average molecular weight is 290 g/mol. The summed E-state index contributed by atoms with van der Waals surface area (Å²) in [5.41, 5.74) is -0.363. The summed E-state index contributed by atoms with van der Waals surface area (Å²) in [6.07, 6.45) is 0.964. The number of amides is 2. The first-order valence-corrected chi connectivity index (χ1v) is 7.27. The largest absolute Gasteiger partial charge is 0.380 e. The van der Waals surface area contributed by atoms with Crippen molar-refractivity contribution in [2.45, 2.75) is 32.3 Å². The molecule has 5 heteroatoms. The summed E-state index contributed by atoms with van der Waals surface area (Å²) in [5, 5.41) is 10.4. The lowest BCUT2D eigenvalue weighted by atomic mass is 9.95. The first-order valence-electron chi connectivity index (χ1n) is 7.27. The number of rotatable bonds is 5. The maximum absolute atomic E-state index is 12.4. The van der Waals surface area contributed by atoms with Crippen molar-refractivity contribution in [2.75, 3.05) is 19.8 Å². The fourth-order valence-corrected chi connectivity index (χ4v) is 2.49. The number of carbonyl (C=O) groups excluding carboxylic acids is 2. The number of carbonyl (C=O) groups is 2. The minimum atomic E-state index is -1.44. The standard InChI is InChI=1S/C16H22N2O3/c1-3-17-12-18(11-14(17)19)15(20)16(2,21)10-9-13-7-5-4-6-8-13/h4-8,21H,3,9-12H2,1-2H3/t16-/m0/s1. The Morgan fingerprint density at radius 1 is 1.33 bits per heavy atom. The lowest BCUT2D eigenvalue weighted by Gasteiger charge is -2.27. The van der Waals surface area contributed by atoms with Gasteiger partial charge in [-0.1, -0.05) is 30.3 Å². The van der Waals surface area contributed by atoms with Crippen LogP contribution in [0, 0.1) is 0 Å². The van der Waals surface area contributed by atoms with Gasteiger partial charge in [0.2, 0.25) is 5.91 Å². The van der Waals surface area contributed by atoms with E-state index in [1.807, 2.05) is 37.3 Å². The Morgan fingerprint density at radius 2 is 2.00 bits per heavy atom. The molecular formula is C16H22N2O3. The van der Waals surface area contributed by atoms with Gasteiger partial charge < -0.3 is 14.9 Å². The maximum atomic E-state index is 12.4. The number of hydrogen-bond donors (Lipinski definition) is 1. The van der Waals surface area contributed by atoms with Crippen LogP contribution in [0.5, 0.6) is 0 Å². The van der Waals surface area contributed by atoms with Gasteiger partial charge in [0.1, 0.15) is 12.1 Å². The molecule has 114 valence electrons. The molecule has 1 saturated heterocycles. The molecule has 1 atom stereocenters. The van der Waals surface area contributed by atoms with Crippen molar-refractivity contribution in [1.82, 2.24) is 9.80 Å². The molecule has 1 aromatic carbocycles. The molecule has 1 aromatic rings. The van der Waals surface area contributed by atoms with E-state index in [4.69, 9.17) is 0 Å². The molecule has 5 nitrogen and oxygen atoms in total. The summed E-state index contributed by atoms with van der Waals surface area (Å²) in [6, 6.07) is 9.74. The molecule has 0 saturated carbocycles. The van der Waals surface area contributed by atoms with Gasteiger partial charge in [-0.05, 0) is 32.3 Å². The summed E-state index contributed by atoms with van der Waals surface area (Å²) >= 11 is 0. The van der Waals surface area contributed by atoms with Gasteiger partial charge in [0.15, 0.2) is 0 Å². The monoisotopic (exact) mass is 290 g/mol. The fraction of sp³-hybridized carbons (Fsp3) is 0.500. The van der Waals surface area contributed by atoms with Crippen molar-refractivity contribution < 1.29 is 14.7 Å². The first-order chi connectivity index (χ1) is 9.94. The second kappa shape index (κ2) is 6.26. The van der Waals surface area contributed by atoms with Gasteiger partial charge in [0.25, 0.3) is 5.91 Å². The Labute approximate surface area is 125 Å². The number of nitrogens with zero attached hydrogens (tertiary/aromatic N) is 2. The molecule has 0 radical (unpaired) electrons. The molecule has 0 aliphatic carbocycles. The van der Waals surface area contributed by atoms with E-state index in [1.165, 1.54) is 11.8 Å². The fourth-order valence-electron chi connectivity index (χ4n) is 2.49. The average Bonchev–Trinajstić information content (AvgIpc) is 2.86. The molecular weight excluding hydrogens is 268 g/mol. The van der Waals surface area contributed by atoms with Crippen molar-refractivity contribution in [3.63, 3.8) is 0 Å². The maximum Gasteiger partial charge on any atom is 0.256 e. The van der Waals surface area contributed by atoms with E-state index < -0.39 is 5.60 Å². The summed E-state index contributed by atoms with van der Waals surface area (Å²) < 4.78 is 0. The molecule has 1 fully saturated rings. The predicted octanol–water partition coefficient (Wildman–Crippen LogP) is 1.02. The van der Waals surface area contributed by atoms with E-state index in [1.54, 1.807) is 4.90 Å². The number of aliphatic hydroxyl groups is 1. The zero-order chi connectivity index (χ0) is 15.5. The molecule has 1 heterocycles. The van der Waals surface area contributed by atoms with Crippen LogP contribution in [0.15, 0.2) is 30.3 Å². The third-order valence-electron chi connectivity index (χ3n) is 3.89. The smallest absolute Gasteiger partial charge is 0.256 e. The molecule has 0 aromatic heterocycles. The molecule has 1 N–H and O–H groups in total. The minimum Gasteiger partial charge on any atom is -0.380 e. The highest BCUT2D eigenvalue weighted by molar-refractivity contribution is 5.91. The lowest BCUT2D eigenvalue weighted by molar-refractivity contribution is -0.149. The van der Waals surface area contributed by atoms with Crippen molar-refractivity contribution in [1.29, 1.82) is 0 Å². The summed E-state index contributed by atoms with van der Waals surface area (Å²) in [6.45, 7) is 4.31. The first kappa shape index (κ1) is 15.5. The molecule has 1 aliphatic heterocycles. The van der Waals surface area contributed by atoms with Gasteiger partial charge in [-0.3, -0.25) is 9.59 Å². The normalized spacial score (nSPS) is 18.0. The summed E-state index contributed by atoms with van der Waals surface area (Å²) in [5.74, 6) is -0.438. The molecule has 0 unspecified atom stereocenters. The minimum absolute atomic E-state index is 0.0637. The number of likely N-dealkylation sites (N-methyl/N-ethyl adjacent to an activating group) is 1. The second-order valence-electron chi connectivity index (χ2n) is 5.65. The van der Waals surface area contributed by atoms with Crippen LogP contribution in [0.3, 0.4) is 0 Å². The van der Waals surface area contributed by atoms with Crippen molar-refractivity contribution in [3.05, 3.63) is 35.9 Å². The van der Waals surface area contributed by atoms with Gasteiger partial charge >= 0.3 is 0 Å². The van der Waals surface area contributed by atoms with Gasteiger partial charge in [-0.15, -0.1) is 0 Å². The van der Waals surface area contributed by atoms with Crippen LogP contribution in [0.25, 0.3) is 0 Å². The van der Waals surface area contributed by atoms with Crippen LogP contribution in [0.2, 0.25) is 0 Å². The second-order valence-corrected chi connectivity index (χ2v) is 5.65. The SMILES string of the molecule is CCN1CN(C(=O)[C@@](C)(O)CCc2ccccc2)CC1=O. The molecule has 2 amide bonds. The van der Waals surface area contributed by atoms with E-state index in [0.29, 0.717) is 19.4 Å². The Morgan fingerprint density at radius 3 is 2.57 bits per heavy atom. The van der Waals surface area contributed by atoms with Crippen LogP contribution in [0.1, 0.15) is 25.8 Å². The highest BCUT2D eigenvalue weighted by atomic mass is 16.3. The van der Waals surface area contributed by atoms with E-state index in [2.05, 4.69) is 0 Å². The number of benzene rings is 1. The van der Waals surface area contributed by atoms with Crippen molar-refractivity contribution >= 4 is 11.8 Å². The van der Waals surface area contributed by atoms with E-state index in [0.717, 1.165) is 5.56 Å².